The summed E-state index contributed by atoms with van der Waals surface area (Å²) in [5, 5.41) is 0. The molecule has 2 aromatic carbocycles. The van der Waals surface area contributed by atoms with Crippen molar-refractivity contribution in [3.63, 3.8) is 0 Å². The Balaban J connectivity index is 2.53. The van der Waals surface area contributed by atoms with Gasteiger partial charge in [0.25, 0.3) is 10.0 Å². The minimum atomic E-state index is -4.10. The van der Waals surface area contributed by atoms with Crippen molar-refractivity contribution in [3.05, 3.63) is 42.5 Å². The average molecular weight is 385 g/mol. The Bertz CT molecular complexity index is 968. The summed E-state index contributed by atoms with van der Waals surface area (Å²) in [7, 11) is -6.36. The maximum absolute atomic E-state index is 12.8. The molecule has 0 aliphatic rings. The third kappa shape index (κ3) is 4.43. The van der Waals surface area contributed by atoms with Gasteiger partial charge in [-0.15, -0.1) is 0 Å². The Kier molecular flexibility index (Phi) is 5.58. The Hall–Kier alpha value is -2.26. The number of ether oxygens (including phenoxy) is 2. The topological polar surface area (TPSA) is 98.8 Å². The molecule has 1 N–H and O–H groups in total. The second-order valence-corrected chi connectivity index (χ2v) is 8.79. The van der Waals surface area contributed by atoms with Gasteiger partial charge in [-0.1, -0.05) is 12.1 Å². The Labute approximate surface area is 147 Å². The molecular weight excluding hydrogens is 366 g/mol. The van der Waals surface area contributed by atoms with Crippen LogP contribution in [-0.4, -0.2) is 36.8 Å². The van der Waals surface area contributed by atoms with Crippen LogP contribution in [0.15, 0.2) is 52.3 Å². The van der Waals surface area contributed by atoms with Crippen molar-refractivity contribution in [1.82, 2.24) is 0 Å². The molecule has 2 rings (SSSR count). The van der Waals surface area contributed by atoms with Crippen LogP contribution >= 0.6 is 0 Å². The minimum absolute atomic E-state index is 0.0359. The minimum Gasteiger partial charge on any atom is -0.495 e. The van der Waals surface area contributed by atoms with Crippen molar-refractivity contribution < 1.29 is 26.3 Å². The molecule has 0 saturated heterocycles. The van der Waals surface area contributed by atoms with Gasteiger partial charge in [0.05, 0.1) is 24.3 Å². The van der Waals surface area contributed by atoms with Gasteiger partial charge in [0.2, 0.25) is 0 Å². The lowest BCUT2D eigenvalue weighted by Gasteiger charge is -2.15. The van der Waals surface area contributed by atoms with E-state index >= 15 is 0 Å². The van der Waals surface area contributed by atoms with Gasteiger partial charge >= 0.3 is 0 Å². The first-order valence-electron chi connectivity index (χ1n) is 7.31. The molecule has 0 fully saturated rings. The highest BCUT2D eigenvalue weighted by Gasteiger charge is 2.23. The third-order valence-corrected chi connectivity index (χ3v) is 5.78. The molecular formula is C16H19NO6S2. The zero-order chi connectivity index (χ0) is 18.7. The first-order chi connectivity index (χ1) is 11.7. The molecule has 2 aromatic rings. The fourth-order valence-electron chi connectivity index (χ4n) is 2.13. The van der Waals surface area contributed by atoms with Crippen molar-refractivity contribution in [2.45, 2.75) is 16.7 Å². The van der Waals surface area contributed by atoms with E-state index in [4.69, 9.17) is 9.47 Å². The fourth-order valence-corrected chi connectivity index (χ4v) is 4.12. The smallest absolute Gasteiger partial charge is 0.265 e. The van der Waals surface area contributed by atoms with E-state index in [9.17, 15) is 16.8 Å². The zero-order valence-corrected chi connectivity index (χ0v) is 15.6. The fraction of sp³-hybridized carbons (Fsp3) is 0.250. The molecule has 0 aliphatic heterocycles. The molecule has 0 spiro atoms. The first-order valence-corrected chi connectivity index (χ1v) is 10.7. The molecule has 0 aromatic heterocycles. The number of sulfone groups is 1. The standard InChI is InChI=1S/C16H19NO6S2/c1-4-23-14-8-6-5-7-13(14)17-25(20,21)16-11-12(24(3,18)19)9-10-15(16)22-2/h5-11,17H,4H2,1-3H3. The number of hydrogen-bond donors (Lipinski definition) is 1. The number of hydrogen-bond acceptors (Lipinski definition) is 6. The van der Waals surface area contributed by atoms with E-state index in [1.165, 1.54) is 19.2 Å². The second-order valence-electron chi connectivity index (χ2n) is 5.12. The van der Waals surface area contributed by atoms with Crippen molar-refractivity contribution in [1.29, 1.82) is 0 Å². The van der Waals surface area contributed by atoms with Gasteiger partial charge in [0.1, 0.15) is 16.4 Å². The van der Waals surface area contributed by atoms with E-state index in [1.54, 1.807) is 31.2 Å². The lowest BCUT2D eigenvalue weighted by molar-refractivity contribution is 0.342. The zero-order valence-electron chi connectivity index (χ0n) is 14.0. The van der Waals surface area contributed by atoms with Crippen molar-refractivity contribution in [3.8, 4) is 11.5 Å². The van der Waals surface area contributed by atoms with Crippen LogP contribution in [0.1, 0.15) is 6.92 Å². The van der Waals surface area contributed by atoms with E-state index in [2.05, 4.69) is 4.72 Å². The summed E-state index contributed by atoms with van der Waals surface area (Å²) in [6.07, 6.45) is 1.00. The summed E-state index contributed by atoms with van der Waals surface area (Å²) in [6, 6.07) is 10.2. The summed E-state index contributed by atoms with van der Waals surface area (Å²) in [4.78, 5) is -0.393. The van der Waals surface area contributed by atoms with E-state index in [1.807, 2.05) is 0 Å². The third-order valence-electron chi connectivity index (χ3n) is 3.28. The summed E-state index contributed by atoms with van der Waals surface area (Å²) in [5.74, 6) is 0.403. The molecule has 0 amide bonds. The van der Waals surface area contributed by atoms with Crippen LogP contribution in [0, 0.1) is 0 Å². The number of methoxy groups -OCH3 is 1. The van der Waals surface area contributed by atoms with Crippen LogP contribution in [0.5, 0.6) is 11.5 Å². The highest BCUT2D eigenvalue weighted by molar-refractivity contribution is 7.93. The molecule has 9 heteroatoms. The maximum Gasteiger partial charge on any atom is 0.265 e. The van der Waals surface area contributed by atoms with Gasteiger partial charge in [-0.3, -0.25) is 4.72 Å². The molecule has 0 atom stereocenters. The Morgan fingerprint density at radius 2 is 1.68 bits per heavy atom. The number of nitrogens with one attached hydrogen (secondary N) is 1. The predicted molar refractivity (Wildman–Crippen MR) is 94.5 cm³/mol. The van der Waals surface area contributed by atoms with Gasteiger partial charge in [0, 0.05) is 6.26 Å². The SMILES string of the molecule is CCOc1ccccc1NS(=O)(=O)c1cc(S(C)(=O)=O)ccc1OC. The van der Waals surface area contributed by atoms with E-state index in [0.717, 1.165) is 12.3 Å². The van der Waals surface area contributed by atoms with Crippen LogP contribution in [0.25, 0.3) is 0 Å². The van der Waals surface area contributed by atoms with Gasteiger partial charge in [-0.25, -0.2) is 16.8 Å². The summed E-state index contributed by atoms with van der Waals surface area (Å²) in [5.41, 5.74) is 0.246. The molecule has 0 bridgehead atoms. The van der Waals surface area contributed by atoms with E-state index in [0.29, 0.717) is 12.4 Å². The monoisotopic (exact) mass is 385 g/mol. The van der Waals surface area contributed by atoms with Crippen LogP contribution in [0.2, 0.25) is 0 Å². The molecule has 0 aliphatic carbocycles. The van der Waals surface area contributed by atoms with Gasteiger partial charge in [-0.05, 0) is 37.3 Å². The second kappa shape index (κ2) is 7.32. The molecule has 0 heterocycles. The van der Waals surface area contributed by atoms with E-state index in [-0.39, 0.29) is 21.2 Å². The normalized spacial score (nSPS) is 11.8. The average Bonchev–Trinajstić information content (AvgIpc) is 2.55. The van der Waals surface area contributed by atoms with Crippen LogP contribution < -0.4 is 14.2 Å². The number of anilines is 1. The largest absolute Gasteiger partial charge is 0.495 e. The lowest BCUT2D eigenvalue weighted by Crippen LogP contribution is -2.15. The van der Waals surface area contributed by atoms with Gasteiger partial charge in [-0.2, -0.15) is 0 Å². The molecule has 0 radical (unpaired) electrons. The predicted octanol–water partition coefficient (Wildman–Crippen LogP) is 2.30. The van der Waals surface area contributed by atoms with Gasteiger partial charge < -0.3 is 9.47 Å². The van der Waals surface area contributed by atoms with Gasteiger partial charge in [0.15, 0.2) is 9.84 Å². The Morgan fingerprint density at radius 1 is 1.00 bits per heavy atom. The number of para-hydroxylation sites is 2. The highest BCUT2D eigenvalue weighted by atomic mass is 32.2. The van der Waals surface area contributed by atoms with Crippen molar-refractivity contribution in [2.24, 2.45) is 0 Å². The lowest BCUT2D eigenvalue weighted by atomic mass is 10.3. The highest BCUT2D eigenvalue weighted by Crippen LogP contribution is 2.31. The number of rotatable bonds is 7. The van der Waals surface area contributed by atoms with Crippen LogP contribution in [0.4, 0.5) is 5.69 Å². The number of benzene rings is 2. The van der Waals surface area contributed by atoms with Crippen molar-refractivity contribution in [2.75, 3.05) is 24.7 Å². The maximum atomic E-state index is 12.8. The first kappa shape index (κ1) is 19.1. The van der Waals surface area contributed by atoms with Crippen molar-refractivity contribution >= 4 is 25.5 Å². The van der Waals surface area contributed by atoms with Crippen LogP contribution in [0.3, 0.4) is 0 Å². The Morgan fingerprint density at radius 3 is 2.28 bits per heavy atom. The summed E-state index contributed by atoms with van der Waals surface area (Å²) >= 11 is 0. The van der Waals surface area contributed by atoms with Crippen LogP contribution in [-0.2, 0) is 19.9 Å². The quantitative estimate of drug-likeness (QED) is 0.785. The summed E-state index contributed by atoms with van der Waals surface area (Å²) in [6.45, 7) is 2.15. The molecule has 7 nitrogen and oxygen atoms in total. The molecule has 0 saturated carbocycles. The summed E-state index contributed by atoms with van der Waals surface area (Å²) < 4.78 is 61.9. The number of sulfonamides is 1. The van der Waals surface area contributed by atoms with E-state index < -0.39 is 19.9 Å². The molecule has 25 heavy (non-hydrogen) atoms. The molecule has 136 valence electrons. The molecule has 0 unspecified atom stereocenters.